The van der Waals surface area contributed by atoms with Crippen molar-refractivity contribution in [3.05, 3.63) is 15.8 Å². The number of aliphatic hydroxyl groups is 1. The van der Waals surface area contributed by atoms with E-state index in [9.17, 15) is 9.90 Å². The molecule has 0 fully saturated rings. The van der Waals surface area contributed by atoms with Crippen LogP contribution in [0.25, 0.3) is 0 Å². The Morgan fingerprint density at radius 2 is 2.33 bits per heavy atom. The molecule has 0 saturated heterocycles. The fourth-order valence-corrected chi connectivity index (χ4v) is 2.23. The molecule has 0 saturated carbocycles. The first kappa shape index (κ1) is 14.9. The molecule has 1 heterocycles. The molecule has 0 aliphatic rings. The molecule has 0 spiro atoms. The Bertz CT molecular complexity index is 396. The van der Waals surface area contributed by atoms with Crippen LogP contribution in [0.2, 0.25) is 0 Å². The van der Waals surface area contributed by atoms with Crippen molar-refractivity contribution in [2.24, 2.45) is 0 Å². The van der Waals surface area contributed by atoms with Crippen LogP contribution in [0.4, 0.5) is 5.69 Å². The zero-order chi connectivity index (χ0) is 13.8. The molecule has 1 aromatic heterocycles. The standard InChI is InChI=1S/C12H20N2O3S/c1-8-9(13)6-10(18-8)11(15)14-7-12(2,16)4-5-17-3/h6,16H,4-5,7,13H2,1-3H3,(H,14,15). The van der Waals surface area contributed by atoms with Crippen LogP contribution >= 0.6 is 11.3 Å². The number of hydrogen-bond donors (Lipinski definition) is 3. The summed E-state index contributed by atoms with van der Waals surface area (Å²) in [6.45, 7) is 4.17. The highest BCUT2D eigenvalue weighted by atomic mass is 32.1. The topological polar surface area (TPSA) is 84.6 Å². The van der Waals surface area contributed by atoms with Crippen LogP contribution in [-0.2, 0) is 4.74 Å². The van der Waals surface area contributed by atoms with E-state index < -0.39 is 5.60 Å². The van der Waals surface area contributed by atoms with Gasteiger partial charge in [-0.05, 0) is 19.9 Å². The first-order valence-corrected chi connectivity index (χ1v) is 6.53. The summed E-state index contributed by atoms with van der Waals surface area (Å²) in [4.78, 5) is 13.3. The molecule has 0 aliphatic heterocycles. The van der Waals surface area contributed by atoms with E-state index in [2.05, 4.69) is 5.32 Å². The van der Waals surface area contributed by atoms with E-state index in [1.54, 1.807) is 20.1 Å². The Morgan fingerprint density at radius 1 is 1.67 bits per heavy atom. The maximum atomic E-state index is 11.8. The number of thiophene rings is 1. The SMILES string of the molecule is COCCC(C)(O)CNC(=O)c1cc(N)c(C)s1. The van der Waals surface area contributed by atoms with Gasteiger partial charge in [0.15, 0.2) is 0 Å². The molecule has 1 unspecified atom stereocenters. The number of anilines is 1. The number of nitrogens with one attached hydrogen (secondary N) is 1. The molecule has 0 aromatic carbocycles. The number of aryl methyl sites for hydroxylation is 1. The summed E-state index contributed by atoms with van der Waals surface area (Å²) in [5.41, 5.74) is 5.34. The summed E-state index contributed by atoms with van der Waals surface area (Å²) in [6, 6.07) is 1.65. The highest BCUT2D eigenvalue weighted by Crippen LogP contribution is 2.23. The van der Waals surface area contributed by atoms with Crippen LogP contribution in [0.5, 0.6) is 0 Å². The number of carbonyl (C=O) groups excluding carboxylic acids is 1. The molecule has 18 heavy (non-hydrogen) atoms. The number of amides is 1. The zero-order valence-electron chi connectivity index (χ0n) is 10.9. The van der Waals surface area contributed by atoms with E-state index in [-0.39, 0.29) is 12.5 Å². The van der Waals surface area contributed by atoms with E-state index in [1.165, 1.54) is 11.3 Å². The molecule has 5 nitrogen and oxygen atoms in total. The van der Waals surface area contributed by atoms with Gasteiger partial charge in [-0.25, -0.2) is 0 Å². The lowest BCUT2D eigenvalue weighted by atomic mass is 10.0. The van der Waals surface area contributed by atoms with Gasteiger partial charge in [-0.3, -0.25) is 4.79 Å². The van der Waals surface area contributed by atoms with Gasteiger partial charge in [0, 0.05) is 37.2 Å². The Balaban J connectivity index is 2.50. The zero-order valence-corrected chi connectivity index (χ0v) is 11.8. The molecule has 1 rings (SSSR count). The monoisotopic (exact) mass is 272 g/mol. The van der Waals surface area contributed by atoms with Crippen molar-refractivity contribution in [2.45, 2.75) is 25.9 Å². The van der Waals surface area contributed by atoms with Gasteiger partial charge in [-0.2, -0.15) is 0 Å². The van der Waals surface area contributed by atoms with E-state index in [4.69, 9.17) is 10.5 Å². The largest absolute Gasteiger partial charge is 0.398 e. The lowest BCUT2D eigenvalue weighted by molar-refractivity contribution is 0.0244. The smallest absolute Gasteiger partial charge is 0.261 e. The third-order valence-electron chi connectivity index (χ3n) is 2.65. The predicted molar refractivity (Wildman–Crippen MR) is 72.9 cm³/mol. The van der Waals surface area contributed by atoms with Gasteiger partial charge < -0.3 is 20.9 Å². The van der Waals surface area contributed by atoms with Crippen LogP contribution in [0.15, 0.2) is 6.07 Å². The maximum absolute atomic E-state index is 11.8. The van der Waals surface area contributed by atoms with Crippen LogP contribution in [-0.4, -0.2) is 36.9 Å². The highest BCUT2D eigenvalue weighted by Gasteiger charge is 2.21. The first-order valence-electron chi connectivity index (χ1n) is 5.71. The fourth-order valence-electron chi connectivity index (χ4n) is 1.38. The van der Waals surface area contributed by atoms with Gasteiger partial charge in [0.1, 0.15) is 0 Å². The van der Waals surface area contributed by atoms with Gasteiger partial charge in [0.05, 0.1) is 10.5 Å². The Hall–Kier alpha value is -1.11. The van der Waals surface area contributed by atoms with E-state index >= 15 is 0 Å². The second kappa shape index (κ2) is 6.17. The van der Waals surface area contributed by atoms with Crippen molar-refractivity contribution >= 4 is 22.9 Å². The van der Waals surface area contributed by atoms with Gasteiger partial charge in [-0.15, -0.1) is 11.3 Å². The molecule has 1 atom stereocenters. The number of carbonyl (C=O) groups is 1. The molecule has 0 radical (unpaired) electrons. The van der Waals surface area contributed by atoms with Gasteiger partial charge in [-0.1, -0.05) is 0 Å². The number of methoxy groups -OCH3 is 1. The maximum Gasteiger partial charge on any atom is 0.261 e. The van der Waals surface area contributed by atoms with Crippen LogP contribution in [0.1, 0.15) is 27.9 Å². The second-order valence-corrected chi connectivity index (χ2v) is 5.80. The summed E-state index contributed by atoms with van der Waals surface area (Å²) < 4.78 is 4.90. The van der Waals surface area contributed by atoms with Crippen LogP contribution in [0.3, 0.4) is 0 Å². The molecule has 102 valence electrons. The molecule has 4 N–H and O–H groups in total. The molecular formula is C12H20N2O3S. The first-order chi connectivity index (χ1) is 8.35. The molecule has 6 heteroatoms. The summed E-state index contributed by atoms with van der Waals surface area (Å²) in [5, 5.41) is 12.7. The van der Waals surface area contributed by atoms with E-state index in [0.717, 1.165) is 4.88 Å². The number of hydrogen-bond acceptors (Lipinski definition) is 5. The number of nitrogens with two attached hydrogens (primary N) is 1. The quantitative estimate of drug-likeness (QED) is 0.725. The van der Waals surface area contributed by atoms with E-state index in [1.807, 2.05) is 6.92 Å². The van der Waals surface area contributed by atoms with Crippen molar-refractivity contribution in [3.63, 3.8) is 0 Å². The Kier molecular flexibility index (Phi) is 5.13. The third kappa shape index (κ3) is 4.29. The summed E-state index contributed by atoms with van der Waals surface area (Å²) >= 11 is 1.35. The van der Waals surface area contributed by atoms with Crippen molar-refractivity contribution in [2.75, 3.05) is 26.0 Å². The van der Waals surface area contributed by atoms with E-state index in [0.29, 0.717) is 23.6 Å². The van der Waals surface area contributed by atoms with Crippen molar-refractivity contribution < 1.29 is 14.6 Å². The number of ether oxygens (including phenoxy) is 1. The van der Waals surface area contributed by atoms with Gasteiger partial charge in [0.2, 0.25) is 0 Å². The average Bonchev–Trinajstić information content (AvgIpc) is 2.64. The lowest BCUT2D eigenvalue weighted by Crippen LogP contribution is -2.41. The van der Waals surface area contributed by atoms with Gasteiger partial charge >= 0.3 is 0 Å². The number of nitrogen functional groups attached to an aromatic ring is 1. The highest BCUT2D eigenvalue weighted by molar-refractivity contribution is 7.14. The second-order valence-electron chi connectivity index (χ2n) is 4.54. The molecule has 1 amide bonds. The summed E-state index contributed by atoms with van der Waals surface area (Å²) in [7, 11) is 1.58. The lowest BCUT2D eigenvalue weighted by Gasteiger charge is -2.22. The Labute approximate surface area is 111 Å². The minimum Gasteiger partial charge on any atom is -0.398 e. The average molecular weight is 272 g/mol. The van der Waals surface area contributed by atoms with Crippen molar-refractivity contribution in [1.29, 1.82) is 0 Å². The summed E-state index contributed by atoms with van der Waals surface area (Å²) in [6.07, 6.45) is 0.468. The molecular weight excluding hydrogens is 252 g/mol. The van der Waals surface area contributed by atoms with Crippen molar-refractivity contribution in [1.82, 2.24) is 5.32 Å². The minimum atomic E-state index is -0.969. The predicted octanol–water partition coefficient (Wildman–Crippen LogP) is 1.16. The van der Waals surface area contributed by atoms with Crippen LogP contribution < -0.4 is 11.1 Å². The fraction of sp³-hybridized carbons (Fsp3) is 0.583. The van der Waals surface area contributed by atoms with Gasteiger partial charge in [0.25, 0.3) is 5.91 Å². The number of rotatable bonds is 6. The molecule has 1 aromatic rings. The third-order valence-corrected chi connectivity index (χ3v) is 3.72. The molecule has 0 aliphatic carbocycles. The molecule has 0 bridgehead atoms. The normalized spacial score (nSPS) is 14.2. The summed E-state index contributed by atoms with van der Waals surface area (Å²) in [5.74, 6) is -0.211. The van der Waals surface area contributed by atoms with Crippen LogP contribution in [0, 0.1) is 6.92 Å². The minimum absolute atomic E-state index is 0.187. The van der Waals surface area contributed by atoms with Crippen molar-refractivity contribution in [3.8, 4) is 0 Å². The Morgan fingerprint density at radius 3 is 2.83 bits per heavy atom.